The lowest BCUT2D eigenvalue weighted by Crippen LogP contribution is -2.54. The van der Waals surface area contributed by atoms with Crippen molar-refractivity contribution in [2.75, 3.05) is 27.3 Å². The van der Waals surface area contributed by atoms with Crippen LogP contribution in [-0.2, 0) is 29.9 Å². The summed E-state index contributed by atoms with van der Waals surface area (Å²) >= 11 is 0. The molecule has 2 saturated heterocycles. The summed E-state index contributed by atoms with van der Waals surface area (Å²) in [6, 6.07) is 7.14. The number of fused-ring (bicyclic) bond motifs is 3. The number of aromatic nitrogens is 4. The lowest BCUT2D eigenvalue weighted by atomic mass is 9.51. The van der Waals surface area contributed by atoms with E-state index >= 15 is 0 Å². The number of likely N-dealkylation sites (tertiary alicyclic amines) is 2. The molecule has 4 amide bonds. The van der Waals surface area contributed by atoms with Crippen molar-refractivity contribution >= 4 is 24.0 Å². The molecule has 1 aromatic carbocycles. The van der Waals surface area contributed by atoms with Crippen molar-refractivity contribution < 1.29 is 28.7 Å². The van der Waals surface area contributed by atoms with Crippen molar-refractivity contribution in [2.24, 2.45) is 10.8 Å². The van der Waals surface area contributed by atoms with Gasteiger partial charge >= 0.3 is 12.2 Å². The summed E-state index contributed by atoms with van der Waals surface area (Å²) in [5, 5.41) is 5.53. The van der Waals surface area contributed by atoms with Crippen molar-refractivity contribution in [3.8, 4) is 11.3 Å². The van der Waals surface area contributed by atoms with E-state index in [9.17, 15) is 19.2 Å². The van der Waals surface area contributed by atoms with Crippen LogP contribution in [0.3, 0.4) is 0 Å². The Morgan fingerprint density at radius 1 is 0.690 bits per heavy atom. The molecular weight excluding hydrogens is 737 g/mol. The van der Waals surface area contributed by atoms with Gasteiger partial charge in [-0.15, -0.1) is 0 Å². The van der Waals surface area contributed by atoms with E-state index in [1.807, 2.05) is 63.7 Å². The number of nitrogens with one attached hydrogen (secondary N) is 4. The fourth-order valence-corrected chi connectivity index (χ4v) is 10.1. The maximum absolute atomic E-state index is 13.9. The zero-order valence-electron chi connectivity index (χ0n) is 35.5. The predicted molar refractivity (Wildman–Crippen MR) is 219 cm³/mol. The van der Waals surface area contributed by atoms with Crippen LogP contribution in [-0.4, -0.2) is 93.1 Å². The molecule has 4 atom stereocenters. The topological polar surface area (TPSA) is 175 Å². The average Bonchev–Trinajstić information content (AvgIpc) is 4.05. The third-order valence-corrected chi connectivity index (χ3v) is 13.6. The molecule has 3 aromatic rings. The van der Waals surface area contributed by atoms with Gasteiger partial charge in [0.05, 0.1) is 38.2 Å². The van der Waals surface area contributed by atoms with Gasteiger partial charge in [-0.2, -0.15) is 0 Å². The minimum atomic E-state index is -0.727. The normalized spacial score (nSPS) is 25.7. The first-order chi connectivity index (χ1) is 27.5. The number of nitrogens with zero attached hydrogens (tertiary/aromatic N) is 4. The first kappa shape index (κ1) is 41.3. The largest absolute Gasteiger partial charge is 0.453 e. The van der Waals surface area contributed by atoms with Gasteiger partial charge in [0.25, 0.3) is 0 Å². The highest BCUT2D eigenvalue weighted by atomic mass is 16.5. The zero-order valence-corrected chi connectivity index (χ0v) is 35.5. The van der Waals surface area contributed by atoms with Crippen molar-refractivity contribution in [3.05, 3.63) is 59.6 Å². The maximum Gasteiger partial charge on any atom is 0.407 e. The molecule has 8 rings (SSSR count). The number of methoxy groups -OCH3 is 2. The number of carbonyl (C=O) groups is 4. The molecule has 0 unspecified atom stereocenters. The van der Waals surface area contributed by atoms with Gasteiger partial charge in [-0.1, -0.05) is 65.8 Å². The first-order valence-corrected chi connectivity index (χ1v) is 21.0. The second-order valence-corrected chi connectivity index (χ2v) is 19.3. The Morgan fingerprint density at radius 3 is 1.60 bits per heavy atom. The number of imidazole rings is 2. The van der Waals surface area contributed by atoms with Crippen LogP contribution >= 0.6 is 0 Å². The van der Waals surface area contributed by atoms with Crippen LogP contribution in [0.4, 0.5) is 9.59 Å². The van der Waals surface area contributed by atoms with E-state index in [0.29, 0.717) is 13.1 Å². The Balaban J connectivity index is 1.00. The summed E-state index contributed by atoms with van der Waals surface area (Å²) in [6.07, 6.45) is 12.5. The number of hydrogen-bond acceptors (Lipinski definition) is 8. The summed E-state index contributed by atoms with van der Waals surface area (Å²) in [5.74, 6) is 1.34. The number of aromatic amines is 2. The molecule has 3 aliphatic carbocycles. The van der Waals surface area contributed by atoms with E-state index in [1.165, 1.54) is 25.5 Å². The molecule has 4 N–H and O–H groups in total. The molecular formula is C44H62N8O6. The number of rotatable bonds is 9. The fraction of sp³-hybridized carbons (Fsp3) is 0.636. The monoisotopic (exact) mass is 798 g/mol. The van der Waals surface area contributed by atoms with E-state index in [1.54, 1.807) is 0 Å². The van der Waals surface area contributed by atoms with Gasteiger partial charge in [0.1, 0.15) is 23.7 Å². The van der Waals surface area contributed by atoms with Crippen LogP contribution in [0.2, 0.25) is 0 Å². The SMILES string of the molecule is COC(=O)N[C@H](C(=O)N1CCC[C@H]1c1ncc(-c2ccc(C34CCC(c5cnc([C@@H]6CCCN6C(=O)[C@@H](NC(=O)OC)C(C)(C)C)[nH]5)(CC3)CC4)cc2)[nH]1)C(C)(C)C. The minimum Gasteiger partial charge on any atom is -0.453 e. The van der Waals surface area contributed by atoms with Crippen molar-refractivity contribution in [1.29, 1.82) is 0 Å². The van der Waals surface area contributed by atoms with E-state index < -0.39 is 35.1 Å². The summed E-state index contributed by atoms with van der Waals surface area (Å²) in [4.78, 5) is 72.6. The molecule has 0 radical (unpaired) electrons. The number of benzene rings is 1. The van der Waals surface area contributed by atoms with Crippen LogP contribution in [0.25, 0.3) is 11.3 Å². The molecule has 14 heteroatoms. The van der Waals surface area contributed by atoms with Crippen LogP contribution in [0.15, 0.2) is 36.7 Å². The third kappa shape index (κ3) is 7.82. The Labute approximate surface area is 342 Å². The summed E-state index contributed by atoms with van der Waals surface area (Å²) in [5.41, 5.74) is 3.71. The van der Waals surface area contributed by atoms with E-state index in [-0.39, 0.29) is 34.7 Å². The highest BCUT2D eigenvalue weighted by Gasteiger charge is 2.51. The number of carbonyl (C=O) groups excluding carboxylic acids is 4. The van der Waals surface area contributed by atoms with E-state index in [0.717, 1.165) is 87.1 Å². The lowest BCUT2D eigenvalue weighted by Gasteiger charge is -2.53. The highest BCUT2D eigenvalue weighted by molar-refractivity contribution is 5.87. The number of H-pyrrole nitrogens is 2. The first-order valence-electron chi connectivity index (χ1n) is 21.0. The Hall–Kier alpha value is -4.88. The van der Waals surface area contributed by atoms with Gasteiger partial charge in [0, 0.05) is 30.4 Å². The van der Waals surface area contributed by atoms with Crippen LogP contribution in [0.1, 0.15) is 141 Å². The average molecular weight is 799 g/mol. The molecule has 5 aliphatic rings. The standard InChI is InChI=1S/C44H62N8O6/c1-41(2,3)33(49-39(55)57-7)37(53)51-23-9-11-30(51)35-45-25-29(47-35)27-13-15-28(16-14-27)43-17-20-44(21-18-43,22-19-43)32-26-46-36(48-32)31-12-10-24-52(31)38(54)34(42(4,5)6)50-40(56)58-8/h13-16,25-26,30-31,33-34H,9-12,17-24H2,1-8H3,(H,45,47)(H,46,48)(H,49,55)(H,50,56)/t30-,31-,33+,34+,43?,44?/m0/s1. The summed E-state index contributed by atoms with van der Waals surface area (Å²) < 4.78 is 9.66. The second-order valence-electron chi connectivity index (χ2n) is 19.3. The summed E-state index contributed by atoms with van der Waals surface area (Å²) in [6.45, 7) is 12.9. The van der Waals surface area contributed by atoms with Crippen LogP contribution < -0.4 is 10.6 Å². The molecule has 2 aromatic heterocycles. The van der Waals surface area contributed by atoms with Gasteiger partial charge in [-0.05, 0) is 91.6 Å². The molecule has 5 fully saturated rings. The minimum absolute atomic E-state index is 0.0465. The number of alkyl carbamates (subject to hydrolysis) is 2. The lowest BCUT2D eigenvalue weighted by molar-refractivity contribution is -0.137. The van der Waals surface area contributed by atoms with Gasteiger partial charge in [-0.25, -0.2) is 19.6 Å². The van der Waals surface area contributed by atoms with Crippen molar-refractivity contribution in [2.45, 2.75) is 141 Å². The molecule has 314 valence electrons. The van der Waals surface area contributed by atoms with Gasteiger partial charge in [0.15, 0.2) is 0 Å². The molecule has 2 bridgehead atoms. The molecule has 14 nitrogen and oxygen atoms in total. The van der Waals surface area contributed by atoms with E-state index in [4.69, 9.17) is 19.4 Å². The van der Waals surface area contributed by atoms with Gasteiger partial charge in [-0.3, -0.25) is 9.59 Å². The number of hydrogen-bond donors (Lipinski definition) is 4. The predicted octanol–water partition coefficient (Wildman–Crippen LogP) is 7.21. The smallest absolute Gasteiger partial charge is 0.407 e. The third-order valence-electron chi connectivity index (χ3n) is 13.6. The quantitative estimate of drug-likeness (QED) is 0.176. The Bertz CT molecular complexity index is 1970. The molecule has 58 heavy (non-hydrogen) atoms. The van der Waals surface area contributed by atoms with Gasteiger partial charge in [0.2, 0.25) is 11.8 Å². The molecule has 0 spiro atoms. The van der Waals surface area contributed by atoms with E-state index in [2.05, 4.69) is 44.9 Å². The van der Waals surface area contributed by atoms with Gasteiger partial charge < -0.3 is 39.9 Å². The maximum atomic E-state index is 13.9. The highest BCUT2D eigenvalue weighted by Crippen LogP contribution is 2.58. The second kappa shape index (κ2) is 15.7. The summed E-state index contributed by atoms with van der Waals surface area (Å²) in [7, 11) is 2.62. The molecule has 2 aliphatic heterocycles. The van der Waals surface area contributed by atoms with Crippen LogP contribution in [0.5, 0.6) is 0 Å². The molecule has 4 heterocycles. The Kier molecular flexibility index (Phi) is 11.2. The number of ether oxygens (including phenoxy) is 2. The Morgan fingerprint density at radius 2 is 1.14 bits per heavy atom. The van der Waals surface area contributed by atoms with Crippen LogP contribution in [0, 0.1) is 10.8 Å². The fourth-order valence-electron chi connectivity index (χ4n) is 10.1. The number of amides is 4. The van der Waals surface area contributed by atoms with Crippen molar-refractivity contribution in [1.82, 2.24) is 40.4 Å². The molecule has 3 saturated carbocycles. The zero-order chi connectivity index (χ0) is 41.6. The van der Waals surface area contributed by atoms with Crippen molar-refractivity contribution in [3.63, 3.8) is 0 Å².